The first-order valence-electron chi connectivity index (χ1n) is 16.0. The summed E-state index contributed by atoms with van der Waals surface area (Å²) in [5.74, 6) is 3.64. The Hall–Kier alpha value is -3.56. The lowest BCUT2D eigenvalue weighted by Gasteiger charge is -2.62. The summed E-state index contributed by atoms with van der Waals surface area (Å²) in [6.45, 7) is 0. The first kappa shape index (κ1) is 26.5. The van der Waals surface area contributed by atoms with Gasteiger partial charge in [0.1, 0.15) is 0 Å². The second kappa shape index (κ2) is 9.50. The predicted octanol–water partition coefficient (Wildman–Crippen LogP) is 11.3. The van der Waals surface area contributed by atoms with E-state index in [-0.39, 0.29) is 0 Å². The Morgan fingerprint density at radius 1 is 0.435 bits per heavy atom. The maximum absolute atomic E-state index is 6.92. The van der Waals surface area contributed by atoms with Gasteiger partial charge >= 0.3 is 0 Å². The quantitative estimate of drug-likeness (QED) is 0.186. The second-order valence-corrected chi connectivity index (χ2v) is 17.2. The van der Waals surface area contributed by atoms with Crippen LogP contribution in [0.15, 0.2) is 95.7 Å². The van der Waals surface area contributed by atoms with E-state index in [2.05, 4.69) is 95.7 Å². The maximum Gasteiger partial charge on any atom is 0.257 e. The van der Waals surface area contributed by atoms with Crippen LogP contribution < -0.4 is 18.9 Å². The number of thiophene rings is 4. The predicted molar refractivity (Wildman–Crippen MR) is 187 cm³/mol. The molecule has 0 saturated heterocycles. The minimum atomic E-state index is -0.578. The van der Waals surface area contributed by atoms with Gasteiger partial charge in [-0.15, -0.1) is 45.3 Å². The van der Waals surface area contributed by atoms with Crippen molar-refractivity contribution in [3.8, 4) is 63.4 Å². The number of hydrogen-bond donors (Lipinski definition) is 0. The Labute approximate surface area is 282 Å². The molecule has 2 spiro atoms. The molecule has 4 fully saturated rings. The zero-order chi connectivity index (χ0) is 30.0. The third kappa shape index (κ3) is 3.70. The zero-order valence-electron chi connectivity index (χ0n) is 24.6. The Bertz CT molecular complexity index is 1940. The van der Waals surface area contributed by atoms with Crippen LogP contribution in [0, 0.1) is 23.7 Å². The highest BCUT2D eigenvalue weighted by molar-refractivity contribution is 7.23. The highest BCUT2D eigenvalue weighted by atomic mass is 32.1. The van der Waals surface area contributed by atoms with Crippen molar-refractivity contribution in [1.82, 2.24) is 0 Å². The van der Waals surface area contributed by atoms with Gasteiger partial charge in [-0.05, 0) is 120 Å². The van der Waals surface area contributed by atoms with Crippen molar-refractivity contribution in [2.24, 2.45) is 23.7 Å². The molecule has 4 nitrogen and oxygen atoms in total. The molecule has 0 unspecified atom stereocenters. The smallest absolute Gasteiger partial charge is 0.257 e. The van der Waals surface area contributed by atoms with Crippen molar-refractivity contribution >= 4 is 45.3 Å². The summed E-state index contributed by atoms with van der Waals surface area (Å²) >= 11 is 7.23. The molecule has 0 radical (unpaired) electrons. The molecule has 4 bridgehead atoms. The van der Waals surface area contributed by atoms with Crippen LogP contribution in [0.2, 0.25) is 0 Å². The molecule has 12 rings (SSSR count). The third-order valence-corrected chi connectivity index (χ3v) is 15.2. The monoisotopic (exact) mass is 676 g/mol. The first-order valence-corrected chi connectivity index (χ1v) is 19.4. The van der Waals surface area contributed by atoms with E-state index in [1.165, 1.54) is 40.4 Å². The molecule has 0 atom stereocenters. The lowest BCUT2D eigenvalue weighted by molar-refractivity contribution is -0.316. The lowest BCUT2D eigenvalue weighted by atomic mass is 9.50. The average Bonchev–Trinajstić information content (AvgIpc) is 3.91. The molecule has 0 N–H and O–H groups in total. The van der Waals surface area contributed by atoms with Crippen molar-refractivity contribution in [2.45, 2.75) is 37.3 Å². The molecule has 8 heteroatoms. The molecule has 46 heavy (non-hydrogen) atoms. The molecular weight excluding hydrogens is 649 g/mol. The lowest BCUT2D eigenvalue weighted by Crippen LogP contribution is -2.71. The summed E-state index contributed by atoms with van der Waals surface area (Å²) in [6, 6.07) is 30.5. The number of fused-ring (bicyclic) bond motifs is 2. The van der Waals surface area contributed by atoms with Crippen LogP contribution in [0.5, 0.6) is 23.0 Å². The minimum Gasteiger partial charge on any atom is -0.448 e. The van der Waals surface area contributed by atoms with Gasteiger partial charge in [-0.25, -0.2) is 0 Å². The summed E-state index contributed by atoms with van der Waals surface area (Å²) < 4.78 is 27.5. The van der Waals surface area contributed by atoms with Crippen molar-refractivity contribution in [1.29, 1.82) is 0 Å². The summed E-state index contributed by atoms with van der Waals surface area (Å²) in [6.07, 6.45) is 3.94. The van der Waals surface area contributed by atoms with Gasteiger partial charge in [0.25, 0.3) is 11.6 Å². The summed E-state index contributed by atoms with van der Waals surface area (Å²) in [4.78, 5) is 7.74. The molecule has 6 aromatic rings. The first-order chi connectivity index (χ1) is 22.6. The van der Waals surface area contributed by atoms with Gasteiger partial charge in [0, 0.05) is 52.9 Å². The highest BCUT2D eigenvalue weighted by Crippen LogP contribution is 2.68. The highest BCUT2D eigenvalue weighted by Gasteiger charge is 2.73. The SMILES string of the molecule is c1csc(-c2ccc(-c3ccc4c(c3)OC3(O4)C4CC5CC3CC(C4)C53Oc4ccc(-c5ccc(-c6cccs6)s5)cc4O3)s2)c1. The van der Waals surface area contributed by atoms with Crippen LogP contribution in [-0.2, 0) is 0 Å². The average molecular weight is 677 g/mol. The summed E-state index contributed by atoms with van der Waals surface area (Å²) in [7, 11) is 0. The number of hydrogen-bond acceptors (Lipinski definition) is 8. The van der Waals surface area contributed by atoms with Crippen LogP contribution in [0.3, 0.4) is 0 Å². The van der Waals surface area contributed by atoms with E-state index in [1.807, 2.05) is 22.7 Å². The van der Waals surface area contributed by atoms with Gasteiger partial charge in [-0.1, -0.05) is 12.1 Å². The molecule has 4 aliphatic carbocycles. The molecule has 6 heterocycles. The number of ether oxygens (including phenoxy) is 4. The fraction of sp³-hybridized carbons (Fsp3) is 0.263. The van der Waals surface area contributed by atoms with Gasteiger partial charge in [0.15, 0.2) is 23.0 Å². The van der Waals surface area contributed by atoms with Gasteiger partial charge in [0.2, 0.25) is 0 Å². The van der Waals surface area contributed by atoms with E-state index in [4.69, 9.17) is 18.9 Å². The van der Waals surface area contributed by atoms with Crippen LogP contribution in [-0.4, -0.2) is 11.6 Å². The number of rotatable bonds is 4. The normalized spacial score (nSPS) is 29.4. The summed E-state index contributed by atoms with van der Waals surface area (Å²) in [5, 5.41) is 4.27. The van der Waals surface area contributed by atoms with Crippen LogP contribution in [0.4, 0.5) is 0 Å². The molecule has 4 aromatic heterocycles. The molecule has 2 aliphatic heterocycles. The van der Waals surface area contributed by atoms with E-state index in [0.29, 0.717) is 23.7 Å². The van der Waals surface area contributed by atoms with E-state index >= 15 is 0 Å². The summed E-state index contributed by atoms with van der Waals surface area (Å²) in [5.41, 5.74) is 2.37. The Balaban J connectivity index is 0.837. The standard InChI is InChI=1S/C38H28O4S4/c1-3-33(43-13-1)35-11-9-31(45-35)21-5-7-27-29(15-21)41-37(39-27)23-17-25-19-24(37)20-26(18-23)38(25)40-28-8-6-22(16-30(28)42-38)32-10-12-36(46-32)34-4-2-14-44-34/h1-16,23-26H,17-20H2. The maximum atomic E-state index is 6.92. The molecular formula is C38H28O4S4. The minimum absolute atomic E-state index is 0.317. The third-order valence-electron chi connectivity index (χ3n) is 10.8. The van der Waals surface area contributed by atoms with E-state index in [0.717, 1.165) is 48.7 Å². The van der Waals surface area contributed by atoms with Crippen LogP contribution >= 0.6 is 45.3 Å². The van der Waals surface area contributed by atoms with Crippen LogP contribution in [0.25, 0.3) is 40.4 Å². The Kier molecular flexibility index (Phi) is 5.48. The fourth-order valence-corrected chi connectivity index (χ4v) is 12.5. The largest absolute Gasteiger partial charge is 0.448 e. The topological polar surface area (TPSA) is 36.9 Å². The van der Waals surface area contributed by atoms with Crippen molar-refractivity contribution in [2.75, 3.05) is 0 Å². The molecule has 6 aliphatic rings. The Morgan fingerprint density at radius 3 is 1.26 bits per heavy atom. The van der Waals surface area contributed by atoms with Gasteiger partial charge in [0.05, 0.1) is 0 Å². The van der Waals surface area contributed by atoms with Gasteiger partial charge < -0.3 is 18.9 Å². The van der Waals surface area contributed by atoms with E-state index < -0.39 is 11.6 Å². The van der Waals surface area contributed by atoms with E-state index in [9.17, 15) is 0 Å². The fourth-order valence-electron chi connectivity index (χ4n) is 8.87. The Morgan fingerprint density at radius 2 is 0.848 bits per heavy atom. The number of benzene rings is 2. The second-order valence-electron chi connectivity index (χ2n) is 13.2. The van der Waals surface area contributed by atoms with Crippen molar-refractivity contribution in [3.63, 3.8) is 0 Å². The molecule has 0 amide bonds. The van der Waals surface area contributed by atoms with Crippen molar-refractivity contribution in [3.05, 3.63) is 95.7 Å². The van der Waals surface area contributed by atoms with Gasteiger partial charge in [-0.3, -0.25) is 0 Å². The van der Waals surface area contributed by atoms with Crippen LogP contribution in [0.1, 0.15) is 25.7 Å². The van der Waals surface area contributed by atoms with Crippen molar-refractivity contribution < 1.29 is 18.9 Å². The molecule has 2 aromatic carbocycles. The zero-order valence-corrected chi connectivity index (χ0v) is 27.9. The van der Waals surface area contributed by atoms with Gasteiger partial charge in [-0.2, -0.15) is 0 Å². The molecule has 228 valence electrons. The molecule has 4 saturated carbocycles. The van der Waals surface area contributed by atoms with E-state index in [1.54, 1.807) is 22.7 Å².